The lowest BCUT2D eigenvalue weighted by Crippen LogP contribution is -2.34. The molecule has 0 heterocycles. The van der Waals surface area contributed by atoms with Crippen molar-refractivity contribution in [1.29, 1.82) is 0 Å². The number of rotatable bonds is 0. The van der Waals surface area contributed by atoms with E-state index in [4.69, 9.17) is 4.21 Å². The van der Waals surface area contributed by atoms with Gasteiger partial charge in [0.15, 0.2) is 0 Å². The number of hydrogen-bond acceptors (Lipinski definition) is 4. The maximum Gasteiger partial charge on any atom is 0.491 e. The Kier molecular flexibility index (Phi) is 7.76. The first-order valence-corrected chi connectivity index (χ1v) is 5.73. The second kappa shape index (κ2) is 7.01. The summed E-state index contributed by atoms with van der Waals surface area (Å²) >= 11 is 0. The smallest absolute Gasteiger partial charge is 0.380 e. The molecule has 0 fully saturated rings. The highest BCUT2D eigenvalue weighted by atomic mass is 36.0. The molecule has 0 rings (SSSR count). The Balaban J connectivity index is 0. The van der Waals surface area contributed by atoms with Crippen LogP contribution >= 0.6 is 21.4 Å². The third-order valence-corrected chi connectivity index (χ3v) is 0.648. The van der Waals surface area contributed by atoms with Gasteiger partial charge in [-0.15, -0.1) is 0 Å². The van der Waals surface area contributed by atoms with E-state index in [-0.39, 0.29) is 0 Å². The van der Waals surface area contributed by atoms with E-state index in [9.17, 15) is 35.9 Å². The van der Waals surface area contributed by atoms with E-state index in [0.29, 0.717) is 0 Å². The van der Waals surface area contributed by atoms with E-state index >= 15 is 0 Å². The van der Waals surface area contributed by atoms with Gasteiger partial charge in [-0.25, -0.2) is 13.8 Å². The topological polar surface area (TPSA) is 60.4 Å². The maximum absolute atomic E-state index is 11.2. The molecular weight excluding hydrogens is 329 g/mol. The molecule has 0 aliphatic heterocycles. The molecule has 0 unspecified atom stereocenters. The van der Waals surface area contributed by atoms with Gasteiger partial charge in [0, 0.05) is 21.4 Å². The second-order valence-corrected chi connectivity index (χ2v) is 4.38. The zero-order valence-corrected chi connectivity index (χ0v) is 9.39. The molecule has 0 aromatic carbocycles. The van der Waals surface area contributed by atoms with Crippen LogP contribution in [0.1, 0.15) is 0 Å². The number of halogens is 8. The predicted molar refractivity (Wildman–Crippen MR) is 43.1 cm³/mol. The van der Waals surface area contributed by atoms with Gasteiger partial charge in [-0.2, -0.15) is 26.3 Å². The summed E-state index contributed by atoms with van der Waals surface area (Å²) in [6.07, 6.45) is -11.2. The van der Waals surface area contributed by atoms with Crippen molar-refractivity contribution in [3.63, 3.8) is 0 Å². The number of ether oxygens (including phenoxy) is 1. The average molecular weight is 329 g/mol. The van der Waals surface area contributed by atoms with E-state index < -0.39 is 33.5 Å². The summed E-state index contributed by atoms with van der Waals surface area (Å²) in [5.41, 5.74) is 0. The molecule has 0 N–H and O–H groups in total. The minimum atomic E-state index is -5.62. The van der Waals surface area contributed by atoms with Gasteiger partial charge in [0.1, 0.15) is 0 Å². The van der Waals surface area contributed by atoms with Crippen molar-refractivity contribution in [2.75, 3.05) is 0 Å². The molecule has 0 aromatic rings. The van der Waals surface area contributed by atoms with Crippen LogP contribution in [0.4, 0.5) is 26.3 Å². The van der Waals surface area contributed by atoms with Crippen molar-refractivity contribution >= 4 is 42.5 Å². The Bertz CT molecular complexity index is 284. The van der Waals surface area contributed by atoms with Crippen LogP contribution in [0.5, 0.6) is 0 Å². The van der Waals surface area contributed by atoms with E-state index in [2.05, 4.69) is 26.1 Å². The van der Waals surface area contributed by atoms with Crippen LogP contribution in [0, 0.1) is 0 Å². The molecule has 0 aromatic heterocycles. The van der Waals surface area contributed by atoms with E-state index in [1.165, 1.54) is 0 Å². The summed E-state index contributed by atoms with van der Waals surface area (Å²) in [7, 11) is 7.36. The molecule has 0 bridgehead atoms. The van der Waals surface area contributed by atoms with Crippen LogP contribution in [0.15, 0.2) is 0 Å². The highest BCUT2D eigenvalue weighted by Crippen LogP contribution is 2.21. The lowest BCUT2D eigenvalue weighted by molar-refractivity contribution is -0.221. The third-order valence-electron chi connectivity index (χ3n) is 0.648. The van der Waals surface area contributed by atoms with Gasteiger partial charge < -0.3 is 4.74 Å². The van der Waals surface area contributed by atoms with Crippen molar-refractivity contribution in [2.45, 2.75) is 12.4 Å². The standard InChI is InChI=1S/C4F6O3.Cl2OS/c5-3(6,7)1(11)13-2(12)4(8,9)10;1-4(2)3. The molecule has 102 valence electrons. The minimum absolute atomic E-state index is 1.67. The fraction of sp³-hybridized carbons (Fsp3) is 0.500. The normalized spacial score (nSPS) is 11.6. The Hall–Kier alpha value is -0.550. The van der Waals surface area contributed by atoms with Gasteiger partial charge in [0.2, 0.25) is 9.23 Å². The molecule has 0 spiro atoms. The molecule has 0 atom stereocenters. The SMILES string of the molecule is O=C(OC(=O)C(F)(F)F)C(F)(F)F.O=S(Cl)Cl. The molecule has 0 radical (unpaired) electrons. The minimum Gasteiger partial charge on any atom is -0.380 e. The summed E-state index contributed by atoms with van der Waals surface area (Å²) in [4.78, 5) is 19.3. The average Bonchev–Trinajstić information content (AvgIpc) is 1.98. The van der Waals surface area contributed by atoms with Gasteiger partial charge >= 0.3 is 24.3 Å². The zero-order valence-electron chi connectivity index (χ0n) is 7.06. The van der Waals surface area contributed by atoms with Crippen LogP contribution in [0.25, 0.3) is 0 Å². The van der Waals surface area contributed by atoms with E-state index in [1.807, 2.05) is 0 Å². The molecule has 0 amide bonds. The number of esters is 2. The molecule has 0 saturated heterocycles. The van der Waals surface area contributed by atoms with Crippen molar-refractivity contribution < 1.29 is 44.9 Å². The number of carbonyl (C=O) groups excluding carboxylic acids is 2. The maximum atomic E-state index is 11.2. The van der Waals surface area contributed by atoms with Crippen LogP contribution in [0.3, 0.4) is 0 Å². The van der Waals surface area contributed by atoms with Crippen molar-refractivity contribution in [2.24, 2.45) is 0 Å². The second-order valence-electron chi connectivity index (χ2n) is 1.86. The van der Waals surface area contributed by atoms with Gasteiger partial charge in [-0.05, 0) is 0 Å². The highest BCUT2D eigenvalue weighted by Gasteiger charge is 2.49. The molecule has 13 heteroatoms. The Labute approximate surface area is 100 Å². The molecule has 0 aliphatic rings. The molecule has 0 saturated carbocycles. The lowest BCUT2D eigenvalue weighted by Gasteiger charge is -2.06. The molecule has 0 aliphatic carbocycles. The number of hydrogen-bond donors (Lipinski definition) is 0. The Morgan fingerprint density at radius 2 is 1.06 bits per heavy atom. The van der Waals surface area contributed by atoms with Crippen molar-refractivity contribution in [1.82, 2.24) is 0 Å². The largest absolute Gasteiger partial charge is 0.491 e. The van der Waals surface area contributed by atoms with Crippen LogP contribution in [0.2, 0.25) is 0 Å². The van der Waals surface area contributed by atoms with Crippen LogP contribution in [-0.4, -0.2) is 28.5 Å². The summed E-state index contributed by atoms with van der Waals surface area (Å²) in [6, 6.07) is 0. The van der Waals surface area contributed by atoms with Crippen LogP contribution < -0.4 is 0 Å². The first-order valence-electron chi connectivity index (χ1n) is 2.93. The summed E-state index contributed by atoms with van der Waals surface area (Å²) in [5, 5.41) is 0. The van der Waals surface area contributed by atoms with E-state index in [1.54, 1.807) is 0 Å². The summed E-state index contributed by atoms with van der Waals surface area (Å²) < 4.78 is 78.8. The lowest BCUT2D eigenvalue weighted by atomic mass is 10.6. The van der Waals surface area contributed by atoms with Gasteiger partial charge in [-0.3, -0.25) is 0 Å². The fourth-order valence-corrected chi connectivity index (χ4v) is 0.200. The fourth-order valence-electron chi connectivity index (χ4n) is 0.200. The van der Waals surface area contributed by atoms with Crippen molar-refractivity contribution in [3.8, 4) is 0 Å². The first kappa shape index (κ1) is 18.8. The first-order chi connectivity index (χ1) is 7.28. The summed E-state index contributed by atoms with van der Waals surface area (Å²) in [5.74, 6) is -6.40. The monoisotopic (exact) mass is 328 g/mol. The Morgan fingerprint density at radius 1 is 0.882 bits per heavy atom. The Morgan fingerprint density at radius 3 is 1.18 bits per heavy atom. The third kappa shape index (κ3) is 11.7. The molecular formula is C4Cl2F6O4S. The number of alkyl halides is 6. The van der Waals surface area contributed by atoms with Gasteiger partial charge in [-0.1, -0.05) is 0 Å². The quantitative estimate of drug-likeness (QED) is 0.296. The summed E-state index contributed by atoms with van der Waals surface area (Å²) in [6.45, 7) is 0. The molecule has 4 nitrogen and oxygen atoms in total. The zero-order chi connectivity index (χ0) is 14.4. The van der Waals surface area contributed by atoms with Gasteiger partial charge in [0.25, 0.3) is 0 Å². The molecule has 17 heavy (non-hydrogen) atoms. The van der Waals surface area contributed by atoms with Gasteiger partial charge in [0.05, 0.1) is 0 Å². The number of carbonyl (C=O) groups is 2. The van der Waals surface area contributed by atoms with Crippen LogP contribution in [-0.2, 0) is 23.6 Å². The van der Waals surface area contributed by atoms with Crippen molar-refractivity contribution in [3.05, 3.63) is 0 Å². The highest BCUT2D eigenvalue weighted by molar-refractivity contribution is 8.26. The van der Waals surface area contributed by atoms with E-state index in [0.717, 1.165) is 0 Å². The predicted octanol–water partition coefficient (Wildman–Crippen LogP) is 2.22.